The molecule has 0 bridgehead atoms. The second-order valence-electron chi connectivity index (χ2n) is 4.70. The Morgan fingerprint density at radius 3 is 2.68 bits per heavy atom. The maximum atomic E-state index is 11.4. The minimum atomic E-state index is -0.651. The van der Waals surface area contributed by atoms with Crippen LogP contribution in [0.15, 0.2) is 6.33 Å². The van der Waals surface area contributed by atoms with Gasteiger partial charge in [-0.25, -0.2) is 14.5 Å². The standard InChI is InChI=1S/C11H18N4O4/c1-5-18-8(16)6-15-7-12-9(14-15)13-10(17)19-11(2,3)4/h7H,5-6H2,1-4H3,(H,13,14,17). The number of ether oxygens (including phenoxy) is 2. The van der Waals surface area contributed by atoms with Gasteiger partial charge in [0.15, 0.2) is 0 Å². The molecule has 0 aliphatic rings. The third-order valence-corrected chi connectivity index (χ3v) is 1.75. The SMILES string of the molecule is CCOC(=O)Cn1cnc(NC(=O)OC(C)(C)C)n1. The molecule has 0 spiro atoms. The van der Waals surface area contributed by atoms with Crippen molar-refractivity contribution in [2.24, 2.45) is 0 Å². The first-order valence-corrected chi connectivity index (χ1v) is 5.85. The van der Waals surface area contributed by atoms with Crippen LogP contribution >= 0.6 is 0 Å². The Bertz CT molecular complexity index is 450. The highest BCUT2D eigenvalue weighted by Crippen LogP contribution is 2.08. The fraction of sp³-hybridized carbons (Fsp3) is 0.636. The van der Waals surface area contributed by atoms with Crippen LogP contribution in [0.1, 0.15) is 27.7 Å². The van der Waals surface area contributed by atoms with Crippen molar-refractivity contribution in [2.75, 3.05) is 11.9 Å². The molecule has 1 aromatic rings. The Hall–Kier alpha value is -2.12. The van der Waals surface area contributed by atoms with Crippen LogP contribution in [0.25, 0.3) is 0 Å². The summed E-state index contributed by atoms with van der Waals surface area (Å²) < 4.78 is 11.1. The normalized spacial score (nSPS) is 10.9. The number of carbonyl (C=O) groups is 2. The monoisotopic (exact) mass is 270 g/mol. The molecule has 8 nitrogen and oxygen atoms in total. The molecule has 1 aromatic heterocycles. The Balaban J connectivity index is 2.51. The second kappa shape index (κ2) is 6.17. The molecule has 1 amide bonds. The van der Waals surface area contributed by atoms with Gasteiger partial charge in [-0.05, 0) is 27.7 Å². The molecule has 1 rings (SSSR count). The summed E-state index contributed by atoms with van der Waals surface area (Å²) in [4.78, 5) is 26.5. The van der Waals surface area contributed by atoms with E-state index in [4.69, 9.17) is 9.47 Å². The fourth-order valence-corrected chi connectivity index (χ4v) is 1.16. The van der Waals surface area contributed by atoms with Gasteiger partial charge in [-0.15, -0.1) is 5.10 Å². The number of aromatic nitrogens is 3. The van der Waals surface area contributed by atoms with Gasteiger partial charge in [0.25, 0.3) is 5.95 Å². The van der Waals surface area contributed by atoms with Crippen LogP contribution in [0.3, 0.4) is 0 Å². The van der Waals surface area contributed by atoms with E-state index in [0.29, 0.717) is 6.61 Å². The first-order chi connectivity index (χ1) is 8.80. The summed E-state index contributed by atoms with van der Waals surface area (Å²) in [7, 11) is 0. The van der Waals surface area contributed by atoms with Crippen LogP contribution in [-0.2, 0) is 20.8 Å². The number of carbonyl (C=O) groups excluding carboxylic acids is 2. The molecule has 0 saturated heterocycles. The van der Waals surface area contributed by atoms with E-state index in [2.05, 4.69) is 15.4 Å². The molecule has 1 heterocycles. The Morgan fingerprint density at radius 1 is 1.42 bits per heavy atom. The minimum absolute atomic E-state index is 0.0587. The van der Waals surface area contributed by atoms with Gasteiger partial charge >= 0.3 is 12.1 Å². The average Bonchev–Trinajstić information content (AvgIpc) is 2.62. The van der Waals surface area contributed by atoms with Gasteiger partial charge in [0.05, 0.1) is 6.61 Å². The zero-order chi connectivity index (χ0) is 14.5. The number of rotatable bonds is 4. The molecule has 0 aliphatic heterocycles. The number of anilines is 1. The number of hydrogen-bond donors (Lipinski definition) is 1. The molecule has 8 heteroatoms. The topological polar surface area (TPSA) is 95.3 Å². The maximum Gasteiger partial charge on any atom is 0.414 e. The van der Waals surface area contributed by atoms with Crippen LogP contribution < -0.4 is 5.32 Å². The van der Waals surface area contributed by atoms with Gasteiger partial charge in [-0.2, -0.15) is 0 Å². The molecule has 0 fully saturated rings. The second-order valence-corrected chi connectivity index (χ2v) is 4.70. The van der Waals surface area contributed by atoms with Crippen LogP contribution in [0.2, 0.25) is 0 Å². The van der Waals surface area contributed by atoms with Crippen molar-refractivity contribution in [1.29, 1.82) is 0 Å². The number of esters is 1. The number of hydrogen-bond acceptors (Lipinski definition) is 6. The highest BCUT2D eigenvalue weighted by Gasteiger charge is 2.17. The number of nitrogens with one attached hydrogen (secondary N) is 1. The quantitative estimate of drug-likeness (QED) is 0.826. The van der Waals surface area contributed by atoms with E-state index in [1.807, 2.05) is 0 Å². The molecule has 0 unspecified atom stereocenters. The largest absolute Gasteiger partial charge is 0.465 e. The van der Waals surface area contributed by atoms with Crippen molar-refractivity contribution in [3.05, 3.63) is 6.33 Å². The van der Waals surface area contributed by atoms with E-state index in [1.165, 1.54) is 11.0 Å². The molecule has 106 valence electrons. The Labute approximate surface area is 111 Å². The third-order valence-electron chi connectivity index (χ3n) is 1.75. The summed E-state index contributed by atoms with van der Waals surface area (Å²) in [5, 5.41) is 6.26. The van der Waals surface area contributed by atoms with Gasteiger partial charge in [0.1, 0.15) is 18.5 Å². The molecule has 19 heavy (non-hydrogen) atoms. The predicted octanol–water partition coefficient (Wildman–Crippen LogP) is 1.19. The van der Waals surface area contributed by atoms with Crippen molar-refractivity contribution in [3.63, 3.8) is 0 Å². The third kappa shape index (κ3) is 5.84. The summed E-state index contributed by atoms with van der Waals surface area (Å²) in [6.45, 7) is 7.21. The maximum absolute atomic E-state index is 11.4. The molecule has 0 radical (unpaired) electrons. The summed E-state index contributed by atoms with van der Waals surface area (Å²) in [6.07, 6.45) is 0.672. The summed E-state index contributed by atoms with van der Waals surface area (Å²) in [6, 6.07) is 0. The highest BCUT2D eigenvalue weighted by atomic mass is 16.6. The highest BCUT2D eigenvalue weighted by molar-refractivity contribution is 5.82. The van der Waals surface area contributed by atoms with E-state index in [1.54, 1.807) is 27.7 Å². The Kier molecular flexibility index (Phi) is 4.85. The van der Waals surface area contributed by atoms with Gasteiger partial charge < -0.3 is 9.47 Å². The van der Waals surface area contributed by atoms with Gasteiger partial charge in [-0.1, -0.05) is 0 Å². The average molecular weight is 270 g/mol. The molecular formula is C11H18N4O4. The van der Waals surface area contributed by atoms with E-state index in [9.17, 15) is 9.59 Å². The molecule has 0 aliphatic carbocycles. The van der Waals surface area contributed by atoms with Gasteiger partial charge in [0.2, 0.25) is 0 Å². The lowest BCUT2D eigenvalue weighted by molar-refractivity contribution is -0.144. The van der Waals surface area contributed by atoms with E-state index in [0.717, 1.165) is 0 Å². The van der Waals surface area contributed by atoms with E-state index >= 15 is 0 Å². The number of amides is 1. The molecule has 0 atom stereocenters. The minimum Gasteiger partial charge on any atom is -0.465 e. The van der Waals surface area contributed by atoms with Crippen molar-refractivity contribution < 1.29 is 19.1 Å². The first-order valence-electron chi connectivity index (χ1n) is 5.85. The van der Waals surface area contributed by atoms with Crippen molar-refractivity contribution >= 4 is 18.0 Å². The van der Waals surface area contributed by atoms with Crippen LogP contribution in [0.5, 0.6) is 0 Å². The summed E-state index contributed by atoms with van der Waals surface area (Å²) in [5.74, 6) is -0.352. The zero-order valence-electron chi connectivity index (χ0n) is 11.5. The molecular weight excluding hydrogens is 252 g/mol. The first kappa shape index (κ1) is 14.9. The lowest BCUT2D eigenvalue weighted by atomic mass is 10.2. The van der Waals surface area contributed by atoms with Crippen LogP contribution in [-0.4, -0.2) is 39.0 Å². The van der Waals surface area contributed by atoms with Crippen molar-refractivity contribution in [2.45, 2.75) is 39.8 Å². The molecule has 0 saturated carbocycles. The summed E-state index contributed by atoms with van der Waals surface area (Å²) >= 11 is 0. The van der Waals surface area contributed by atoms with Crippen LogP contribution in [0.4, 0.5) is 10.7 Å². The van der Waals surface area contributed by atoms with E-state index in [-0.39, 0.29) is 12.5 Å². The molecule has 0 aromatic carbocycles. The fourth-order valence-electron chi connectivity index (χ4n) is 1.16. The smallest absolute Gasteiger partial charge is 0.414 e. The van der Waals surface area contributed by atoms with Crippen molar-refractivity contribution in [3.8, 4) is 0 Å². The van der Waals surface area contributed by atoms with Crippen molar-refractivity contribution in [1.82, 2.24) is 14.8 Å². The lowest BCUT2D eigenvalue weighted by Crippen LogP contribution is -2.27. The van der Waals surface area contributed by atoms with Crippen LogP contribution in [0, 0.1) is 0 Å². The molecule has 1 N–H and O–H groups in total. The lowest BCUT2D eigenvalue weighted by Gasteiger charge is -2.18. The van der Waals surface area contributed by atoms with Gasteiger partial charge in [0, 0.05) is 0 Å². The van der Waals surface area contributed by atoms with Gasteiger partial charge in [-0.3, -0.25) is 10.1 Å². The number of nitrogens with zero attached hydrogens (tertiary/aromatic N) is 3. The van der Waals surface area contributed by atoms with E-state index < -0.39 is 17.7 Å². The predicted molar refractivity (Wildman–Crippen MR) is 66.5 cm³/mol. The zero-order valence-corrected chi connectivity index (χ0v) is 11.5. The summed E-state index contributed by atoms with van der Waals surface area (Å²) in [5.41, 5.74) is -0.600. The Morgan fingerprint density at radius 2 is 2.11 bits per heavy atom.